The van der Waals surface area contributed by atoms with Crippen LogP contribution in [0.25, 0.3) is 0 Å². The fraction of sp³-hybridized carbons (Fsp3) is 0.421. The minimum Gasteiger partial charge on any atom is -0.465 e. The van der Waals surface area contributed by atoms with Crippen molar-refractivity contribution in [1.82, 2.24) is 9.97 Å². The second kappa shape index (κ2) is 8.60. The van der Waals surface area contributed by atoms with Gasteiger partial charge in [-0.1, -0.05) is 11.6 Å². The summed E-state index contributed by atoms with van der Waals surface area (Å²) < 4.78 is 4.63. The molecule has 1 N–H and O–H groups in total. The molecule has 0 atom stereocenters. The van der Waals surface area contributed by atoms with Gasteiger partial charge in [-0.3, -0.25) is 10.1 Å². The summed E-state index contributed by atoms with van der Waals surface area (Å²) in [7, 11) is 1.20. The number of methoxy groups -OCH3 is 1. The first-order valence-corrected chi connectivity index (χ1v) is 9.56. The van der Waals surface area contributed by atoms with E-state index in [9.17, 15) is 14.9 Å². The number of ether oxygens (including phenoxy) is 1. The van der Waals surface area contributed by atoms with Crippen molar-refractivity contribution in [2.75, 3.05) is 30.4 Å². The first kappa shape index (κ1) is 20.8. The average Bonchev–Trinajstić information content (AvgIpc) is 2.67. The zero-order valence-electron chi connectivity index (χ0n) is 16.4. The van der Waals surface area contributed by atoms with Gasteiger partial charge in [0.25, 0.3) is 5.69 Å². The Morgan fingerprint density at radius 3 is 2.55 bits per heavy atom. The molecule has 1 aromatic carbocycles. The summed E-state index contributed by atoms with van der Waals surface area (Å²) in [6.45, 7) is 5.32. The molecule has 1 aromatic heterocycles. The van der Waals surface area contributed by atoms with Crippen molar-refractivity contribution in [2.45, 2.75) is 32.7 Å². The SMILES string of the molecule is COC(=O)c1cc([N+](=O)[O-])c(NC2CCN(c3cc(C)nc(C)n3)CC2)cc1Cl. The van der Waals surface area contributed by atoms with Gasteiger partial charge in [-0.05, 0) is 32.8 Å². The summed E-state index contributed by atoms with van der Waals surface area (Å²) in [5.41, 5.74) is 0.971. The third kappa shape index (κ3) is 4.73. The number of piperidine rings is 1. The standard InChI is InChI=1S/C19H22ClN5O4/c1-11-8-18(22-12(2)21-11)24-6-4-13(5-7-24)23-16-10-15(20)14(19(26)29-3)9-17(16)25(27)28/h8-10,13,23H,4-7H2,1-3H3. The maximum absolute atomic E-state index is 11.8. The van der Waals surface area contributed by atoms with Crippen LogP contribution < -0.4 is 10.2 Å². The first-order valence-electron chi connectivity index (χ1n) is 9.18. The first-order chi connectivity index (χ1) is 13.8. The zero-order chi connectivity index (χ0) is 21.1. The maximum atomic E-state index is 11.8. The second-order valence-corrected chi connectivity index (χ2v) is 7.33. The van der Waals surface area contributed by atoms with Gasteiger partial charge in [0.1, 0.15) is 17.3 Å². The number of halogens is 1. The number of nitrogens with one attached hydrogen (secondary N) is 1. The highest BCUT2D eigenvalue weighted by molar-refractivity contribution is 6.34. The van der Waals surface area contributed by atoms with Crippen molar-refractivity contribution in [3.05, 3.63) is 50.4 Å². The van der Waals surface area contributed by atoms with Crippen LogP contribution in [-0.2, 0) is 4.74 Å². The summed E-state index contributed by atoms with van der Waals surface area (Å²) in [5.74, 6) is 0.912. The summed E-state index contributed by atoms with van der Waals surface area (Å²) >= 11 is 6.14. The number of rotatable bonds is 5. The lowest BCUT2D eigenvalue weighted by molar-refractivity contribution is -0.384. The number of carbonyl (C=O) groups is 1. The summed E-state index contributed by atoms with van der Waals surface area (Å²) in [5, 5.41) is 14.8. The molecule has 1 aliphatic rings. The van der Waals surface area contributed by atoms with E-state index in [-0.39, 0.29) is 22.3 Å². The van der Waals surface area contributed by atoms with Crippen molar-refractivity contribution in [3.63, 3.8) is 0 Å². The minimum absolute atomic E-state index is 0.0317. The molecule has 3 rings (SSSR count). The van der Waals surface area contributed by atoms with Crippen molar-refractivity contribution >= 4 is 34.8 Å². The van der Waals surface area contributed by atoms with E-state index in [2.05, 4.69) is 24.9 Å². The van der Waals surface area contributed by atoms with E-state index in [1.54, 1.807) is 0 Å². The second-order valence-electron chi connectivity index (χ2n) is 6.92. The molecule has 9 nitrogen and oxygen atoms in total. The Bertz CT molecular complexity index is 924. The van der Waals surface area contributed by atoms with Gasteiger partial charge in [0, 0.05) is 37.0 Å². The van der Waals surface area contributed by atoms with Crippen molar-refractivity contribution in [3.8, 4) is 0 Å². The fourth-order valence-electron chi connectivity index (χ4n) is 3.43. The highest BCUT2D eigenvalue weighted by atomic mass is 35.5. The molecule has 1 aliphatic heterocycles. The van der Waals surface area contributed by atoms with Crippen LogP contribution >= 0.6 is 11.6 Å². The molecule has 0 spiro atoms. The van der Waals surface area contributed by atoms with E-state index in [1.165, 1.54) is 13.2 Å². The number of esters is 1. The molecular weight excluding hydrogens is 398 g/mol. The molecule has 0 radical (unpaired) electrons. The number of benzene rings is 1. The number of aromatic nitrogens is 2. The fourth-order valence-corrected chi connectivity index (χ4v) is 3.67. The van der Waals surface area contributed by atoms with E-state index in [0.717, 1.165) is 49.3 Å². The summed E-state index contributed by atoms with van der Waals surface area (Å²) in [6, 6.07) is 4.55. The van der Waals surface area contributed by atoms with E-state index in [0.29, 0.717) is 5.69 Å². The lowest BCUT2D eigenvalue weighted by Crippen LogP contribution is -2.39. The van der Waals surface area contributed by atoms with Gasteiger partial charge in [0.05, 0.1) is 22.6 Å². The Hall–Kier alpha value is -2.94. The normalized spacial score (nSPS) is 14.6. The van der Waals surface area contributed by atoms with Crippen molar-refractivity contribution in [2.24, 2.45) is 0 Å². The Labute approximate surface area is 173 Å². The largest absolute Gasteiger partial charge is 0.465 e. The number of anilines is 2. The predicted octanol–water partition coefficient (Wildman–Crippen LogP) is 3.52. The van der Waals surface area contributed by atoms with E-state index < -0.39 is 10.9 Å². The van der Waals surface area contributed by atoms with E-state index >= 15 is 0 Å². The molecule has 0 unspecified atom stereocenters. The molecule has 0 aliphatic carbocycles. The summed E-state index contributed by atoms with van der Waals surface area (Å²) in [6.07, 6.45) is 1.55. The van der Waals surface area contributed by atoms with Gasteiger partial charge in [0.15, 0.2) is 0 Å². The van der Waals surface area contributed by atoms with Gasteiger partial charge in [-0.15, -0.1) is 0 Å². The Kier molecular flexibility index (Phi) is 6.17. The van der Waals surface area contributed by atoms with Gasteiger partial charge in [-0.25, -0.2) is 14.8 Å². The van der Waals surface area contributed by atoms with Gasteiger partial charge >= 0.3 is 5.97 Å². The molecule has 2 heterocycles. The van der Waals surface area contributed by atoms with Crippen LogP contribution in [0.4, 0.5) is 17.2 Å². The molecule has 0 bridgehead atoms. The monoisotopic (exact) mass is 419 g/mol. The molecule has 1 saturated heterocycles. The molecule has 10 heteroatoms. The van der Waals surface area contributed by atoms with Crippen LogP contribution in [-0.4, -0.2) is 47.1 Å². The number of carbonyl (C=O) groups excluding carboxylic acids is 1. The predicted molar refractivity (Wildman–Crippen MR) is 110 cm³/mol. The van der Waals surface area contributed by atoms with Gasteiger partial charge in [-0.2, -0.15) is 0 Å². The number of nitrogens with zero attached hydrogens (tertiary/aromatic N) is 4. The number of aryl methyl sites for hydroxylation is 2. The Morgan fingerprint density at radius 1 is 1.28 bits per heavy atom. The Morgan fingerprint density at radius 2 is 1.97 bits per heavy atom. The topological polar surface area (TPSA) is 110 Å². The van der Waals surface area contributed by atoms with Gasteiger partial charge in [0.2, 0.25) is 0 Å². The maximum Gasteiger partial charge on any atom is 0.339 e. The van der Waals surface area contributed by atoms with E-state index in [1.807, 2.05) is 19.9 Å². The highest BCUT2D eigenvalue weighted by Crippen LogP contribution is 2.33. The number of hydrogen-bond donors (Lipinski definition) is 1. The van der Waals surface area contributed by atoms with Crippen LogP contribution in [0.5, 0.6) is 0 Å². The minimum atomic E-state index is -0.714. The van der Waals surface area contributed by atoms with Crippen molar-refractivity contribution < 1.29 is 14.5 Å². The molecular formula is C19H22ClN5O4. The van der Waals surface area contributed by atoms with Crippen LogP contribution in [0.3, 0.4) is 0 Å². The molecule has 0 amide bonds. The summed E-state index contributed by atoms with van der Waals surface area (Å²) in [4.78, 5) is 33.7. The lowest BCUT2D eigenvalue weighted by atomic mass is 10.0. The Balaban J connectivity index is 1.73. The molecule has 2 aromatic rings. The smallest absolute Gasteiger partial charge is 0.339 e. The number of nitro benzene ring substituents is 1. The van der Waals surface area contributed by atoms with Crippen LogP contribution in [0.2, 0.25) is 5.02 Å². The lowest BCUT2D eigenvalue weighted by Gasteiger charge is -2.33. The van der Waals surface area contributed by atoms with Gasteiger partial charge < -0.3 is 15.0 Å². The van der Waals surface area contributed by atoms with Crippen molar-refractivity contribution in [1.29, 1.82) is 0 Å². The third-order valence-electron chi connectivity index (χ3n) is 4.82. The molecule has 154 valence electrons. The number of hydrogen-bond acceptors (Lipinski definition) is 8. The zero-order valence-corrected chi connectivity index (χ0v) is 17.2. The van der Waals surface area contributed by atoms with Crippen LogP contribution in [0.1, 0.15) is 34.7 Å². The molecule has 1 fully saturated rings. The van der Waals surface area contributed by atoms with E-state index in [4.69, 9.17) is 11.6 Å². The van der Waals surface area contributed by atoms with Crippen LogP contribution in [0.15, 0.2) is 18.2 Å². The van der Waals surface area contributed by atoms with Crippen LogP contribution in [0, 0.1) is 24.0 Å². The highest BCUT2D eigenvalue weighted by Gasteiger charge is 2.26. The molecule has 29 heavy (non-hydrogen) atoms. The number of nitro groups is 1. The quantitative estimate of drug-likeness (QED) is 0.445. The average molecular weight is 420 g/mol. The third-order valence-corrected chi connectivity index (χ3v) is 5.13. The molecule has 0 saturated carbocycles.